The maximum absolute atomic E-state index is 12.0. The predicted molar refractivity (Wildman–Crippen MR) is 86.3 cm³/mol. The highest BCUT2D eigenvalue weighted by Crippen LogP contribution is 2.14. The second kappa shape index (κ2) is 7.66. The van der Waals surface area contributed by atoms with E-state index in [-0.39, 0.29) is 29.5 Å². The Morgan fingerprint density at radius 3 is 2.52 bits per heavy atom. The van der Waals surface area contributed by atoms with Crippen molar-refractivity contribution in [2.24, 2.45) is 5.92 Å². The molecule has 0 aliphatic heterocycles. The van der Waals surface area contributed by atoms with E-state index in [4.69, 9.17) is 11.6 Å². The van der Waals surface area contributed by atoms with Gasteiger partial charge in [0.25, 0.3) is 5.91 Å². The van der Waals surface area contributed by atoms with E-state index in [0.717, 1.165) is 0 Å². The smallest absolute Gasteiger partial charge is 0.251 e. The molecule has 21 heavy (non-hydrogen) atoms. The molecule has 1 amide bonds. The van der Waals surface area contributed by atoms with E-state index in [1.807, 2.05) is 13.8 Å². The van der Waals surface area contributed by atoms with Gasteiger partial charge in [0.2, 0.25) is 10.0 Å². The van der Waals surface area contributed by atoms with Gasteiger partial charge in [-0.15, -0.1) is 11.6 Å². The number of benzene rings is 1. The summed E-state index contributed by atoms with van der Waals surface area (Å²) in [4.78, 5) is 11.9. The van der Waals surface area contributed by atoms with E-state index in [1.165, 1.54) is 6.07 Å². The third-order valence-electron chi connectivity index (χ3n) is 2.59. The SMILES string of the molecule is CC(CCl)CS(=O)(=O)Nc1cccc(C(=O)NC(C)C)c1. The zero-order valence-electron chi connectivity index (χ0n) is 12.4. The van der Waals surface area contributed by atoms with Gasteiger partial charge in [0.15, 0.2) is 0 Å². The van der Waals surface area contributed by atoms with E-state index in [2.05, 4.69) is 10.0 Å². The minimum atomic E-state index is -3.48. The van der Waals surface area contributed by atoms with Crippen molar-refractivity contribution in [1.82, 2.24) is 5.32 Å². The second-order valence-electron chi connectivity index (χ2n) is 5.35. The molecule has 5 nitrogen and oxygen atoms in total. The highest BCUT2D eigenvalue weighted by molar-refractivity contribution is 7.92. The number of anilines is 1. The number of carbonyl (C=O) groups is 1. The summed E-state index contributed by atoms with van der Waals surface area (Å²) >= 11 is 5.63. The summed E-state index contributed by atoms with van der Waals surface area (Å²) in [7, 11) is -3.48. The third kappa shape index (κ3) is 6.35. The number of rotatable bonds is 7. The summed E-state index contributed by atoms with van der Waals surface area (Å²) in [5, 5.41) is 2.76. The highest BCUT2D eigenvalue weighted by atomic mass is 35.5. The molecule has 0 aliphatic carbocycles. The van der Waals surface area contributed by atoms with Crippen molar-refractivity contribution in [3.05, 3.63) is 29.8 Å². The van der Waals surface area contributed by atoms with Crippen molar-refractivity contribution < 1.29 is 13.2 Å². The van der Waals surface area contributed by atoms with Crippen molar-refractivity contribution in [2.75, 3.05) is 16.4 Å². The molecule has 1 aromatic rings. The Kier molecular flexibility index (Phi) is 6.48. The van der Waals surface area contributed by atoms with Crippen LogP contribution in [-0.2, 0) is 10.0 Å². The first-order valence-electron chi connectivity index (χ1n) is 6.71. The molecular weight excluding hydrogens is 312 g/mol. The molecular formula is C14H21ClN2O3S. The second-order valence-corrected chi connectivity index (χ2v) is 7.43. The van der Waals surface area contributed by atoms with Gasteiger partial charge >= 0.3 is 0 Å². The molecule has 0 heterocycles. The lowest BCUT2D eigenvalue weighted by molar-refractivity contribution is 0.0943. The van der Waals surface area contributed by atoms with Crippen LogP contribution < -0.4 is 10.0 Å². The Hall–Kier alpha value is -1.27. The van der Waals surface area contributed by atoms with Gasteiger partial charge in [0.1, 0.15) is 0 Å². The molecule has 1 atom stereocenters. The van der Waals surface area contributed by atoms with E-state index in [0.29, 0.717) is 11.3 Å². The fraction of sp³-hybridized carbons (Fsp3) is 0.500. The van der Waals surface area contributed by atoms with Gasteiger partial charge in [0.05, 0.1) is 5.75 Å². The number of carbonyl (C=O) groups excluding carboxylic acids is 1. The Bertz CT molecular complexity index is 588. The summed E-state index contributed by atoms with van der Waals surface area (Å²) in [6.45, 7) is 5.48. The van der Waals surface area contributed by atoms with Gasteiger partial charge in [-0.3, -0.25) is 9.52 Å². The standard InChI is InChI=1S/C14H21ClN2O3S/c1-10(2)16-14(18)12-5-4-6-13(7-12)17-21(19,20)9-11(3)8-15/h4-7,10-11,17H,8-9H2,1-3H3,(H,16,18). The fourth-order valence-corrected chi connectivity index (χ4v) is 3.38. The van der Waals surface area contributed by atoms with E-state index >= 15 is 0 Å². The van der Waals surface area contributed by atoms with E-state index < -0.39 is 10.0 Å². The van der Waals surface area contributed by atoms with Crippen LogP contribution in [0.25, 0.3) is 0 Å². The van der Waals surface area contributed by atoms with Crippen molar-refractivity contribution in [1.29, 1.82) is 0 Å². The number of alkyl halides is 1. The molecule has 2 N–H and O–H groups in total. The van der Waals surface area contributed by atoms with Crippen LogP contribution in [-0.4, -0.2) is 32.0 Å². The molecule has 0 spiro atoms. The minimum absolute atomic E-state index is 0.0161. The van der Waals surface area contributed by atoms with Gasteiger partial charge in [0, 0.05) is 23.2 Å². The highest BCUT2D eigenvalue weighted by Gasteiger charge is 2.16. The zero-order valence-corrected chi connectivity index (χ0v) is 14.0. The van der Waals surface area contributed by atoms with Gasteiger partial charge in [-0.25, -0.2) is 8.42 Å². The number of hydrogen-bond acceptors (Lipinski definition) is 3. The first-order chi connectivity index (χ1) is 9.73. The van der Waals surface area contributed by atoms with Crippen molar-refractivity contribution in [2.45, 2.75) is 26.8 Å². The number of nitrogens with one attached hydrogen (secondary N) is 2. The Labute approximate surface area is 131 Å². The molecule has 0 aliphatic rings. The first-order valence-corrected chi connectivity index (χ1v) is 8.89. The number of halogens is 1. The first kappa shape index (κ1) is 17.8. The van der Waals surface area contributed by atoms with Crippen LogP contribution in [0.2, 0.25) is 0 Å². The topological polar surface area (TPSA) is 75.3 Å². The summed E-state index contributed by atoms with van der Waals surface area (Å²) in [5.41, 5.74) is 0.780. The fourth-order valence-electron chi connectivity index (χ4n) is 1.71. The number of hydrogen-bond donors (Lipinski definition) is 2. The largest absolute Gasteiger partial charge is 0.350 e. The van der Waals surface area contributed by atoms with Gasteiger partial charge in [-0.2, -0.15) is 0 Å². The summed E-state index contributed by atoms with van der Waals surface area (Å²) in [6.07, 6.45) is 0. The molecule has 0 radical (unpaired) electrons. The predicted octanol–water partition coefficient (Wildman–Crippen LogP) is 2.44. The molecule has 0 saturated carbocycles. The van der Waals surface area contributed by atoms with Crippen LogP contribution in [0.1, 0.15) is 31.1 Å². The van der Waals surface area contributed by atoms with E-state index in [9.17, 15) is 13.2 Å². The van der Waals surface area contributed by atoms with Crippen molar-refractivity contribution in [3.63, 3.8) is 0 Å². The maximum atomic E-state index is 12.0. The zero-order chi connectivity index (χ0) is 16.0. The monoisotopic (exact) mass is 332 g/mol. The Balaban J connectivity index is 2.84. The molecule has 118 valence electrons. The van der Waals surface area contributed by atoms with E-state index in [1.54, 1.807) is 25.1 Å². The van der Waals surface area contributed by atoms with Crippen molar-refractivity contribution >= 4 is 33.2 Å². The third-order valence-corrected chi connectivity index (χ3v) is 4.67. The summed E-state index contributed by atoms with van der Waals surface area (Å²) in [6, 6.07) is 6.41. The van der Waals surface area contributed by atoms with Crippen LogP contribution in [0.15, 0.2) is 24.3 Å². The average molecular weight is 333 g/mol. The number of sulfonamides is 1. The van der Waals surface area contributed by atoms with Crippen LogP contribution in [0.4, 0.5) is 5.69 Å². The van der Waals surface area contributed by atoms with Crippen LogP contribution in [0, 0.1) is 5.92 Å². The lowest BCUT2D eigenvalue weighted by atomic mass is 10.2. The quantitative estimate of drug-likeness (QED) is 0.753. The lowest BCUT2D eigenvalue weighted by Crippen LogP contribution is -2.30. The van der Waals surface area contributed by atoms with Crippen LogP contribution in [0.5, 0.6) is 0 Å². The molecule has 0 aromatic heterocycles. The van der Waals surface area contributed by atoms with Gasteiger partial charge in [-0.1, -0.05) is 13.0 Å². The lowest BCUT2D eigenvalue weighted by Gasteiger charge is -2.12. The molecule has 0 bridgehead atoms. The maximum Gasteiger partial charge on any atom is 0.251 e. The van der Waals surface area contributed by atoms with Crippen LogP contribution in [0.3, 0.4) is 0 Å². The molecule has 1 unspecified atom stereocenters. The molecule has 1 rings (SSSR count). The van der Waals surface area contributed by atoms with Crippen molar-refractivity contribution in [3.8, 4) is 0 Å². The summed E-state index contributed by atoms with van der Waals surface area (Å²) in [5.74, 6) is -0.159. The molecule has 0 saturated heterocycles. The number of amides is 1. The normalized spacial score (nSPS) is 13.0. The molecule has 7 heteroatoms. The average Bonchev–Trinajstić information content (AvgIpc) is 2.36. The molecule has 1 aromatic carbocycles. The molecule has 0 fully saturated rings. The Morgan fingerprint density at radius 2 is 1.95 bits per heavy atom. The van der Waals surface area contributed by atoms with Crippen LogP contribution >= 0.6 is 11.6 Å². The van der Waals surface area contributed by atoms with Gasteiger partial charge < -0.3 is 5.32 Å². The van der Waals surface area contributed by atoms with Gasteiger partial charge in [-0.05, 0) is 38.0 Å². The minimum Gasteiger partial charge on any atom is -0.350 e. The summed E-state index contributed by atoms with van der Waals surface area (Å²) < 4.78 is 26.4. The Morgan fingerprint density at radius 1 is 1.29 bits per heavy atom.